The molecule has 1 N–H and O–H groups in total. The lowest BCUT2D eigenvalue weighted by atomic mass is 10.0. The number of ketones is 1. The zero-order chi connectivity index (χ0) is 19.3. The molecule has 1 heterocycles. The first-order valence-electron chi connectivity index (χ1n) is 9.01. The first-order chi connectivity index (χ1) is 13.7. The van der Waals surface area contributed by atoms with Crippen LogP contribution in [-0.2, 0) is 13.0 Å². The molecule has 5 heteroatoms. The maximum absolute atomic E-state index is 12.7. The summed E-state index contributed by atoms with van der Waals surface area (Å²) in [7, 11) is 0. The Morgan fingerprint density at radius 1 is 0.821 bits per heavy atom. The van der Waals surface area contributed by atoms with Gasteiger partial charge >= 0.3 is 0 Å². The van der Waals surface area contributed by atoms with E-state index in [4.69, 9.17) is 11.6 Å². The number of Topliss-reactive ketones (excluding diaryl/α,β-unsaturated/α-hetero) is 1. The van der Waals surface area contributed by atoms with Crippen LogP contribution in [0.2, 0.25) is 5.15 Å². The number of nitrogens with zero attached hydrogens (tertiary/aromatic N) is 2. The van der Waals surface area contributed by atoms with Crippen LogP contribution >= 0.6 is 11.6 Å². The summed E-state index contributed by atoms with van der Waals surface area (Å²) < 4.78 is 0. The minimum Gasteiger partial charge on any atom is -0.364 e. The van der Waals surface area contributed by atoms with Crippen LogP contribution in [-0.4, -0.2) is 16.0 Å². The largest absolute Gasteiger partial charge is 0.364 e. The number of carbonyl (C=O) groups is 1. The highest BCUT2D eigenvalue weighted by Gasteiger charge is 2.13. The van der Waals surface area contributed by atoms with Crippen LogP contribution < -0.4 is 5.32 Å². The number of hydrogen-bond acceptors (Lipinski definition) is 4. The number of rotatable bonds is 6. The van der Waals surface area contributed by atoms with Crippen LogP contribution in [0.3, 0.4) is 0 Å². The lowest BCUT2D eigenvalue weighted by molar-refractivity contribution is 0.0993. The monoisotopic (exact) mass is 387 g/mol. The van der Waals surface area contributed by atoms with Gasteiger partial charge in [0.15, 0.2) is 16.8 Å². The SMILES string of the molecule is O=C(Cc1ccccc1)c1ccc2c(Cl)nnc(NCc3ccccc3)c2c1. The van der Waals surface area contributed by atoms with Crippen LogP contribution in [0.25, 0.3) is 10.8 Å². The van der Waals surface area contributed by atoms with Gasteiger partial charge in [-0.3, -0.25) is 4.79 Å². The van der Waals surface area contributed by atoms with E-state index in [1.54, 1.807) is 6.07 Å². The molecule has 0 saturated carbocycles. The standard InChI is InChI=1S/C23H18ClN3O/c24-22-19-12-11-18(21(28)13-16-7-3-1-4-8-16)14-20(19)23(27-26-22)25-15-17-9-5-2-6-10-17/h1-12,14H,13,15H2,(H,25,27). The van der Waals surface area contributed by atoms with Crippen molar-refractivity contribution in [2.75, 3.05) is 5.32 Å². The topological polar surface area (TPSA) is 54.9 Å². The van der Waals surface area contributed by atoms with E-state index in [-0.39, 0.29) is 5.78 Å². The maximum Gasteiger partial charge on any atom is 0.167 e. The zero-order valence-electron chi connectivity index (χ0n) is 15.1. The minimum atomic E-state index is 0.0510. The summed E-state index contributed by atoms with van der Waals surface area (Å²) in [5, 5.41) is 13.4. The first-order valence-corrected chi connectivity index (χ1v) is 9.39. The molecule has 4 aromatic rings. The molecule has 0 aliphatic carbocycles. The second kappa shape index (κ2) is 8.19. The van der Waals surface area contributed by atoms with E-state index in [0.29, 0.717) is 29.5 Å². The highest BCUT2D eigenvalue weighted by Crippen LogP contribution is 2.28. The van der Waals surface area contributed by atoms with Gasteiger partial charge in [0, 0.05) is 29.3 Å². The van der Waals surface area contributed by atoms with Gasteiger partial charge in [-0.05, 0) is 17.2 Å². The van der Waals surface area contributed by atoms with Crippen LogP contribution in [0.1, 0.15) is 21.5 Å². The molecule has 0 radical (unpaired) electrons. The molecule has 0 spiro atoms. The minimum absolute atomic E-state index is 0.0510. The van der Waals surface area contributed by atoms with Gasteiger partial charge in [-0.1, -0.05) is 84.4 Å². The molecule has 0 amide bonds. The summed E-state index contributed by atoms with van der Waals surface area (Å²) in [5.74, 6) is 0.660. The van der Waals surface area contributed by atoms with Crippen molar-refractivity contribution >= 4 is 34.0 Å². The van der Waals surface area contributed by atoms with E-state index in [1.807, 2.05) is 72.8 Å². The summed E-state index contributed by atoms with van der Waals surface area (Å²) in [6, 6.07) is 25.2. The summed E-state index contributed by atoms with van der Waals surface area (Å²) in [4.78, 5) is 12.7. The highest BCUT2D eigenvalue weighted by molar-refractivity contribution is 6.34. The van der Waals surface area contributed by atoms with Crippen molar-refractivity contribution in [2.24, 2.45) is 0 Å². The van der Waals surface area contributed by atoms with Gasteiger partial charge in [-0.25, -0.2) is 0 Å². The van der Waals surface area contributed by atoms with Crippen LogP contribution in [0.4, 0.5) is 5.82 Å². The van der Waals surface area contributed by atoms with Gasteiger partial charge in [0.05, 0.1) is 0 Å². The van der Waals surface area contributed by atoms with Crippen molar-refractivity contribution in [2.45, 2.75) is 13.0 Å². The van der Waals surface area contributed by atoms with Crippen LogP contribution in [0, 0.1) is 0 Å². The predicted molar refractivity (Wildman–Crippen MR) is 113 cm³/mol. The summed E-state index contributed by atoms with van der Waals surface area (Å²) in [6.45, 7) is 0.606. The fraction of sp³-hybridized carbons (Fsp3) is 0.0870. The summed E-state index contributed by atoms with van der Waals surface area (Å²) >= 11 is 6.22. The third-order valence-corrected chi connectivity index (χ3v) is 4.85. The number of nitrogens with one attached hydrogen (secondary N) is 1. The fourth-order valence-corrected chi connectivity index (χ4v) is 3.29. The number of benzene rings is 3. The molecule has 4 nitrogen and oxygen atoms in total. The Morgan fingerprint density at radius 3 is 2.21 bits per heavy atom. The molecule has 0 aliphatic rings. The lowest BCUT2D eigenvalue weighted by Gasteiger charge is -2.10. The second-order valence-electron chi connectivity index (χ2n) is 6.52. The molecule has 0 bridgehead atoms. The third kappa shape index (κ3) is 4.02. The molecule has 1 aromatic heterocycles. The Balaban J connectivity index is 1.64. The Morgan fingerprint density at radius 2 is 1.50 bits per heavy atom. The van der Waals surface area contributed by atoms with Crippen LogP contribution in [0.15, 0.2) is 78.9 Å². The van der Waals surface area contributed by atoms with E-state index >= 15 is 0 Å². The van der Waals surface area contributed by atoms with E-state index < -0.39 is 0 Å². The number of aromatic nitrogens is 2. The molecular formula is C23H18ClN3O. The average molecular weight is 388 g/mol. The molecule has 0 unspecified atom stereocenters. The number of anilines is 1. The molecule has 3 aromatic carbocycles. The van der Waals surface area contributed by atoms with Crippen molar-refractivity contribution in [3.8, 4) is 0 Å². The van der Waals surface area contributed by atoms with Gasteiger partial charge in [0.25, 0.3) is 0 Å². The molecular weight excluding hydrogens is 370 g/mol. The van der Waals surface area contributed by atoms with E-state index in [1.165, 1.54) is 0 Å². The van der Waals surface area contributed by atoms with Crippen LogP contribution in [0.5, 0.6) is 0 Å². The molecule has 4 rings (SSSR count). The molecule has 28 heavy (non-hydrogen) atoms. The Bertz CT molecular complexity index is 1110. The summed E-state index contributed by atoms with van der Waals surface area (Å²) in [5.41, 5.74) is 2.74. The molecule has 0 aliphatic heterocycles. The maximum atomic E-state index is 12.7. The van der Waals surface area contributed by atoms with Gasteiger partial charge < -0.3 is 5.32 Å². The summed E-state index contributed by atoms with van der Waals surface area (Å²) in [6.07, 6.45) is 0.353. The second-order valence-corrected chi connectivity index (χ2v) is 6.88. The van der Waals surface area contributed by atoms with Crippen molar-refractivity contribution in [1.82, 2.24) is 10.2 Å². The van der Waals surface area contributed by atoms with Gasteiger partial charge in [0.1, 0.15) is 0 Å². The van der Waals surface area contributed by atoms with Crippen molar-refractivity contribution in [3.05, 3.63) is 101 Å². The average Bonchev–Trinajstić information content (AvgIpc) is 2.74. The predicted octanol–water partition coefficient (Wildman–Crippen LogP) is 5.32. The third-order valence-electron chi connectivity index (χ3n) is 4.57. The first kappa shape index (κ1) is 18.1. The molecule has 138 valence electrons. The van der Waals surface area contributed by atoms with E-state index in [9.17, 15) is 4.79 Å². The highest BCUT2D eigenvalue weighted by atomic mass is 35.5. The lowest BCUT2D eigenvalue weighted by Crippen LogP contribution is -2.06. The smallest absolute Gasteiger partial charge is 0.167 e. The number of hydrogen-bond donors (Lipinski definition) is 1. The molecule has 0 atom stereocenters. The number of fused-ring (bicyclic) bond motifs is 1. The van der Waals surface area contributed by atoms with Gasteiger partial charge in [-0.15, -0.1) is 10.2 Å². The van der Waals surface area contributed by atoms with Gasteiger partial charge in [0.2, 0.25) is 0 Å². The Hall–Kier alpha value is -3.24. The molecule has 0 saturated heterocycles. The Labute approximate surface area is 168 Å². The normalized spacial score (nSPS) is 10.8. The number of halogens is 1. The number of carbonyl (C=O) groups excluding carboxylic acids is 1. The zero-order valence-corrected chi connectivity index (χ0v) is 15.9. The fourth-order valence-electron chi connectivity index (χ4n) is 3.09. The van der Waals surface area contributed by atoms with Crippen molar-refractivity contribution in [1.29, 1.82) is 0 Å². The Kier molecular flexibility index (Phi) is 5.31. The molecule has 0 fully saturated rings. The van der Waals surface area contributed by atoms with E-state index in [0.717, 1.165) is 21.9 Å². The van der Waals surface area contributed by atoms with Gasteiger partial charge in [-0.2, -0.15) is 0 Å². The van der Waals surface area contributed by atoms with Crippen molar-refractivity contribution < 1.29 is 4.79 Å². The van der Waals surface area contributed by atoms with E-state index in [2.05, 4.69) is 15.5 Å². The quantitative estimate of drug-likeness (QED) is 0.455. The van der Waals surface area contributed by atoms with Crippen molar-refractivity contribution in [3.63, 3.8) is 0 Å².